The molecule has 0 heterocycles. The van der Waals surface area contributed by atoms with Gasteiger partial charge in [0.1, 0.15) is 5.82 Å². The van der Waals surface area contributed by atoms with Crippen molar-refractivity contribution in [3.8, 4) is 0 Å². The molecule has 0 aliphatic heterocycles. The molecular weight excluding hydrogens is 286 g/mol. The van der Waals surface area contributed by atoms with Crippen molar-refractivity contribution in [1.29, 1.82) is 0 Å². The van der Waals surface area contributed by atoms with Gasteiger partial charge >= 0.3 is 5.97 Å². The second-order valence-corrected chi connectivity index (χ2v) is 3.84. The lowest BCUT2D eigenvalue weighted by atomic mass is 10.1. The van der Waals surface area contributed by atoms with Gasteiger partial charge in [0.05, 0.1) is 13.5 Å². The summed E-state index contributed by atoms with van der Waals surface area (Å²) in [5.74, 6) is -0.820. The summed E-state index contributed by atoms with van der Waals surface area (Å²) in [5.41, 5.74) is 0.869. The van der Waals surface area contributed by atoms with Crippen LogP contribution >= 0.6 is 27.5 Å². The van der Waals surface area contributed by atoms with Crippen LogP contribution in [0, 0.1) is 5.82 Å². The lowest BCUT2D eigenvalue weighted by molar-refractivity contribution is -0.139. The van der Waals surface area contributed by atoms with E-state index in [1.807, 2.05) is 0 Å². The molecule has 0 fully saturated rings. The third-order valence-corrected chi connectivity index (χ3v) is 2.91. The van der Waals surface area contributed by atoms with E-state index in [2.05, 4.69) is 20.7 Å². The number of methoxy groups -OCH3 is 1. The third-order valence-electron chi connectivity index (χ3n) is 2.00. The highest BCUT2D eigenvalue weighted by Gasteiger charge is 2.15. The van der Waals surface area contributed by atoms with Crippen LogP contribution in [0.5, 0.6) is 0 Å². The van der Waals surface area contributed by atoms with E-state index in [0.29, 0.717) is 21.5 Å². The molecule has 0 saturated carbocycles. The van der Waals surface area contributed by atoms with Gasteiger partial charge in [-0.3, -0.25) is 4.79 Å². The molecule has 0 aliphatic carbocycles. The zero-order valence-corrected chi connectivity index (χ0v) is 10.4. The Morgan fingerprint density at radius 3 is 2.73 bits per heavy atom. The van der Waals surface area contributed by atoms with Crippen LogP contribution in [0.25, 0.3) is 0 Å². The quantitative estimate of drug-likeness (QED) is 0.633. The molecule has 0 saturated heterocycles. The number of carbonyl (C=O) groups is 1. The van der Waals surface area contributed by atoms with Crippen LogP contribution in [0.3, 0.4) is 0 Å². The number of carbonyl (C=O) groups excluding carboxylic acids is 1. The Kier molecular flexibility index (Phi) is 4.54. The Bertz CT molecular complexity index is 382. The smallest absolute Gasteiger partial charge is 0.310 e. The molecule has 0 amide bonds. The van der Waals surface area contributed by atoms with Crippen molar-refractivity contribution in [2.45, 2.75) is 11.8 Å². The fraction of sp³-hybridized carbons (Fsp3) is 0.300. The van der Waals surface area contributed by atoms with Gasteiger partial charge in [-0.2, -0.15) is 0 Å². The molecule has 0 aromatic heterocycles. The topological polar surface area (TPSA) is 26.3 Å². The number of benzene rings is 1. The van der Waals surface area contributed by atoms with Gasteiger partial charge in [0, 0.05) is 15.9 Å². The van der Waals surface area contributed by atoms with Gasteiger partial charge in [0.15, 0.2) is 0 Å². The maximum atomic E-state index is 13.3. The average molecular weight is 296 g/mol. The Morgan fingerprint density at radius 1 is 1.53 bits per heavy atom. The maximum absolute atomic E-state index is 13.3. The van der Waals surface area contributed by atoms with Crippen molar-refractivity contribution in [2.24, 2.45) is 0 Å². The molecule has 0 unspecified atom stereocenters. The van der Waals surface area contributed by atoms with Crippen LogP contribution in [0.4, 0.5) is 4.39 Å². The van der Waals surface area contributed by atoms with Crippen molar-refractivity contribution in [1.82, 2.24) is 0 Å². The summed E-state index contributed by atoms with van der Waals surface area (Å²) < 4.78 is 17.9. The largest absolute Gasteiger partial charge is 0.469 e. The van der Waals surface area contributed by atoms with Gasteiger partial charge in [-0.1, -0.05) is 27.5 Å². The predicted octanol–water partition coefficient (Wildman–Crippen LogP) is 3.09. The normalized spacial score (nSPS) is 10.1. The van der Waals surface area contributed by atoms with Crippen molar-refractivity contribution in [3.05, 3.63) is 34.1 Å². The molecular formula is C10H9BrClFO2. The van der Waals surface area contributed by atoms with Gasteiger partial charge in [-0.05, 0) is 17.7 Å². The monoisotopic (exact) mass is 294 g/mol. The molecule has 0 aliphatic rings. The second kappa shape index (κ2) is 5.47. The second-order valence-electron chi connectivity index (χ2n) is 2.87. The minimum Gasteiger partial charge on any atom is -0.469 e. The van der Waals surface area contributed by atoms with Crippen molar-refractivity contribution in [3.63, 3.8) is 0 Å². The molecule has 5 heteroatoms. The summed E-state index contributed by atoms with van der Waals surface area (Å²) in [6, 6.07) is 2.71. The summed E-state index contributed by atoms with van der Waals surface area (Å²) in [6.45, 7) is 0. The molecule has 1 aromatic rings. The summed E-state index contributed by atoms with van der Waals surface area (Å²) in [4.78, 5) is 11.1. The Labute approximate surface area is 101 Å². The first kappa shape index (κ1) is 12.5. The number of hydrogen-bond acceptors (Lipinski definition) is 2. The molecule has 0 N–H and O–H groups in total. The first-order valence-corrected chi connectivity index (χ1v) is 5.68. The van der Waals surface area contributed by atoms with E-state index in [-0.39, 0.29) is 12.2 Å². The summed E-state index contributed by atoms with van der Waals surface area (Å²) in [7, 11) is 1.28. The molecule has 0 bridgehead atoms. The fourth-order valence-electron chi connectivity index (χ4n) is 1.19. The molecule has 1 rings (SSSR count). The Morgan fingerprint density at radius 2 is 2.20 bits per heavy atom. The molecule has 82 valence electrons. The van der Waals surface area contributed by atoms with Crippen LogP contribution in [0.2, 0.25) is 5.02 Å². The highest BCUT2D eigenvalue weighted by molar-refractivity contribution is 9.08. The molecule has 15 heavy (non-hydrogen) atoms. The number of ether oxygens (including phenoxy) is 1. The van der Waals surface area contributed by atoms with Crippen LogP contribution < -0.4 is 0 Å². The maximum Gasteiger partial charge on any atom is 0.310 e. The molecule has 0 spiro atoms. The standard InChI is InChI=1S/C10H9BrClFO2/c1-15-10(14)4-6-7(5-11)9(13)3-2-8(6)12/h2-3H,4-5H2,1H3. The molecule has 0 radical (unpaired) electrons. The minimum absolute atomic E-state index is 0.0198. The minimum atomic E-state index is -0.440. The third kappa shape index (κ3) is 2.92. The van der Waals surface area contributed by atoms with E-state index in [1.54, 1.807) is 0 Å². The first-order chi connectivity index (χ1) is 7.10. The van der Waals surface area contributed by atoms with Gasteiger partial charge < -0.3 is 4.74 Å². The highest BCUT2D eigenvalue weighted by atomic mass is 79.9. The van der Waals surface area contributed by atoms with Crippen molar-refractivity contribution < 1.29 is 13.9 Å². The van der Waals surface area contributed by atoms with Crippen molar-refractivity contribution >= 4 is 33.5 Å². The van der Waals surface area contributed by atoms with E-state index >= 15 is 0 Å². The number of halogens is 3. The van der Waals surface area contributed by atoms with Gasteiger partial charge in [0.25, 0.3) is 0 Å². The SMILES string of the molecule is COC(=O)Cc1c(Cl)ccc(F)c1CBr. The Balaban J connectivity index is 3.13. The Hall–Kier alpha value is -0.610. The van der Waals surface area contributed by atoms with E-state index in [0.717, 1.165) is 0 Å². The highest BCUT2D eigenvalue weighted by Crippen LogP contribution is 2.25. The lowest BCUT2D eigenvalue weighted by Crippen LogP contribution is -2.08. The van der Waals surface area contributed by atoms with Gasteiger partial charge in [-0.15, -0.1) is 0 Å². The number of alkyl halides is 1. The van der Waals surface area contributed by atoms with E-state index in [4.69, 9.17) is 11.6 Å². The van der Waals surface area contributed by atoms with E-state index in [9.17, 15) is 9.18 Å². The zero-order valence-electron chi connectivity index (χ0n) is 8.02. The van der Waals surface area contributed by atoms with Crippen LogP contribution in [0.15, 0.2) is 12.1 Å². The molecule has 2 nitrogen and oxygen atoms in total. The van der Waals surface area contributed by atoms with Crippen LogP contribution in [-0.4, -0.2) is 13.1 Å². The van der Waals surface area contributed by atoms with E-state index in [1.165, 1.54) is 19.2 Å². The van der Waals surface area contributed by atoms with Crippen LogP contribution in [0.1, 0.15) is 11.1 Å². The van der Waals surface area contributed by atoms with E-state index < -0.39 is 5.97 Å². The lowest BCUT2D eigenvalue weighted by Gasteiger charge is -2.09. The first-order valence-electron chi connectivity index (χ1n) is 4.18. The van der Waals surface area contributed by atoms with Crippen LogP contribution in [-0.2, 0) is 21.3 Å². The summed E-state index contributed by atoms with van der Waals surface area (Å²) in [5, 5.41) is 0.683. The molecule has 1 aromatic carbocycles. The number of hydrogen-bond donors (Lipinski definition) is 0. The van der Waals surface area contributed by atoms with Crippen molar-refractivity contribution in [2.75, 3.05) is 7.11 Å². The fourth-order valence-corrected chi connectivity index (χ4v) is 2.04. The predicted molar refractivity (Wildman–Crippen MR) is 59.8 cm³/mol. The number of rotatable bonds is 3. The van der Waals surface area contributed by atoms with Gasteiger partial charge in [-0.25, -0.2) is 4.39 Å². The summed E-state index contributed by atoms with van der Waals surface area (Å²) >= 11 is 9.04. The summed E-state index contributed by atoms with van der Waals surface area (Å²) in [6.07, 6.45) is -0.0198. The zero-order chi connectivity index (χ0) is 11.4. The molecule has 0 atom stereocenters. The number of esters is 1. The van der Waals surface area contributed by atoms with Gasteiger partial charge in [0.2, 0.25) is 0 Å². The average Bonchev–Trinajstić information content (AvgIpc) is 2.23.